The van der Waals surface area contributed by atoms with Crippen LogP contribution in [-0.4, -0.2) is 53.6 Å². The number of piperazine rings is 1. The van der Waals surface area contributed by atoms with Crippen molar-refractivity contribution in [2.24, 2.45) is 0 Å². The molecule has 11 heteroatoms. The lowest BCUT2D eigenvalue weighted by Crippen LogP contribution is -2.55. The predicted molar refractivity (Wildman–Crippen MR) is 118 cm³/mol. The average Bonchev–Trinajstić information content (AvgIpc) is 2.80. The van der Waals surface area contributed by atoms with Crippen molar-refractivity contribution in [3.8, 4) is 5.69 Å². The molecule has 0 saturated carbocycles. The van der Waals surface area contributed by atoms with Crippen LogP contribution in [0.3, 0.4) is 0 Å². The Bertz CT molecular complexity index is 1360. The first-order chi connectivity index (χ1) is 16.2. The van der Waals surface area contributed by atoms with Crippen molar-refractivity contribution in [1.82, 2.24) is 14.9 Å². The second kappa shape index (κ2) is 9.26. The summed E-state index contributed by atoms with van der Waals surface area (Å²) in [6.45, 7) is 3.89. The van der Waals surface area contributed by atoms with Crippen LogP contribution in [0.4, 0.5) is 19.0 Å². The Balaban J connectivity index is 2.03. The summed E-state index contributed by atoms with van der Waals surface area (Å²) < 4.78 is 49.5. The van der Waals surface area contributed by atoms with Gasteiger partial charge in [0.2, 0.25) is 5.43 Å². The highest BCUT2D eigenvalue weighted by Gasteiger charge is 2.30. The summed E-state index contributed by atoms with van der Waals surface area (Å²) in [6.07, 6.45) is 1.04. The molecule has 4 rings (SSSR count). The molecule has 0 amide bonds. The number of ketones is 1. The lowest BCUT2D eigenvalue weighted by molar-refractivity contribution is -0.118. The molecule has 8 nitrogen and oxygen atoms in total. The van der Waals surface area contributed by atoms with Gasteiger partial charge in [0.05, 0.1) is 17.7 Å². The van der Waals surface area contributed by atoms with Gasteiger partial charge in [0.1, 0.15) is 23.2 Å². The molecule has 0 bridgehead atoms. The Morgan fingerprint density at radius 1 is 1.21 bits per heavy atom. The topological polar surface area (TPSA) is 93.5 Å². The van der Waals surface area contributed by atoms with Gasteiger partial charge < -0.3 is 15.0 Å². The first-order valence-corrected chi connectivity index (χ1v) is 10.6. The van der Waals surface area contributed by atoms with E-state index in [-0.39, 0.29) is 48.0 Å². The van der Waals surface area contributed by atoms with Crippen LogP contribution in [-0.2, 0) is 9.53 Å². The van der Waals surface area contributed by atoms with Crippen LogP contribution < -0.4 is 15.6 Å². The third-order valence-electron chi connectivity index (χ3n) is 5.56. The highest BCUT2D eigenvalue weighted by atomic mass is 19.1. The van der Waals surface area contributed by atoms with Crippen LogP contribution in [0, 0.1) is 17.5 Å². The molecule has 178 valence electrons. The second-order valence-corrected chi connectivity index (χ2v) is 7.75. The van der Waals surface area contributed by atoms with Gasteiger partial charge in [-0.15, -0.1) is 0 Å². The number of nitrogens with one attached hydrogen (secondary N) is 1. The van der Waals surface area contributed by atoms with Gasteiger partial charge in [-0.3, -0.25) is 14.2 Å². The number of anilines is 1. The first kappa shape index (κ1) is 23.4. The van der Waals surface area contributed by atoms with Gasteiger partial charge >= 0.3 is 5.97 Å². The zero-order valence-corrected chi connectivity index (χ0v) is 18.4. The number of Topliss-reactive ketones (excluding diaryl/α,β-unsaturated/α-hetero) is 1. The van der Waals surface area contributed by atoms with Crippen molar-refractivity contribution in [2.75, 3.05) is 31.1 Å². The highest BCUT2D eigenvalue weighted by Crippen LogP contribution is 2.27. The number of benzene rings is 1. The Hall–Kier alpha value is -3.73. The van der Waals surface area contributed by atoms with E-state index < -0.39 is 40.5 Å². The van der Waals surface area contributed by atoms with Crippen LogP contribution in [0.5, 0.6) is 0 Å². The van der Waals surface area contributed by atoms with Gasteiger partial charge in [0, 0.05) is 31.9 Å². The fourth-order valence-electron chi connectivity index (χ4n) is 3.95. The number of pyridine rings is 2. The van der Waals surface area contributed by atoms with Crippen molar-refractivity contribution in [2.45, 2.75) is 19.9 Å². The SMILES string of the molecule is CCOC(=O)c1cn(-c2ccc(F)cc2F)c2nc(N3CCNCC3C(C)=O)c(F)cc2c1=O. The molecule has 3 heterocycles. The smallest absolute Gasteiger partial charge is 0.343 e. The Morgan fingerprint density at radius 2 is 1.97 bits per heavy atom. The van der Waals surface area contributed by atoms with E-state index in [1.807, 2.05) is 0 Å². The van der Waals surface area contributed by atoms with Gasteiger partial charge in [0.15, 0.2) is 23.1 Å². The third-order valence-corrected chi connectivity index (χ3v) is 5.56. The van der Waals surface area contributed by atoms with E-state index in [0.717, 1.165) is 29.0 Å². The van der Waals surface area contributed by atoms with Gasteiger partial charge in [0.25, 0.3) is 0 Å². The number of aromatic nitrogens is 2. The minimum absolute atomic E-state index is 0.0256. The average molecular weight is 474 g/mol. The zero-order chi connectivity index (χ0) is 24.6. The van der Waals surface area contributed by atoms with E-state index in [1.165, 1.54) is 11.8 Å². The molecule has 1 aliphatic heterocycles. The third kappa shape index (κ3) is 4.14. The van der Waals surface area contributed by atoms with Crippen LogP contribution >= 0.6 is 0 Å². The van der Waals surface area contributed by atoms with Gasteiger partial charge in [-0.05, 0) is 32.0 Å². The van der Waals surface area contributed by atoms with Gasteiger partial charge in [-0.1, -0.05) is 0 Å². The fourth-order valence-corrected chi connectivity index (χ4v) is 3.95. The normalized spacial score (nSPS) is 16.0. The van der Waals surface area contributed by atoms with Crippen molar-refractivity contribution in [3.63, 3.8) is 0 Å². The molecule has 1 N–H and O–H groups in total. The molecule has 1 unspecified atom stereocenters. The Morgan fingerprint density at radius 3 is 2.65 bits per heavy atom. The van der Waals surface area contributed by atoms with E-state index >= 15 is 4.39 Å². The monoisotopic (exact) mass is 474 g/mol. The molecule has 1 saturated heterocycles. The summed E-state index contributed by atoms with van der Waals surface area (Å²) in [4.78, 5) is 43.3. The summed E-state index contributed by atoms with van der Waals surface area (Å²) in [5.74, 6) is -4.10. The number of carbonyl (C=O) groups excluding carboxylic acids is 2. The number of hydrogen-bond acceptors (Lipinski definition) is 7. The van der Waals surface area contributed by atoms with Crippen molar-refractivity contribution in [1.29, 1.82) is 0 Å². The fraction of sp³-hybridized carbons (Fsp3) is 0.304. The lowest BCUT2D eigenvalue weighted by Gasteiger charge is -2.35. The number of carbonyl (C=O) groups is 2. The van der Waals surface area contributed by atoms with Crippen molar-refractivity contribution < 1.29 is 27.5 Å². The van der Waals surface area contributed by atoms with Gasteiger partial charge in [-0.25, -0.2) is 22.9 Å². The first-order valence-electron chi connectivity index (χ1n) is 10.6. The summed E-state index contributed by atoms with van der Waals surface area (Å²) >= 11 is 0. The molecule has 1 aromatic carbocycles. The molecule has 1 atom stereocenters. The van der Waals surface area contributed by atoms with E-state index in [4.69, 9.17) is 4.74 Å². The predicted octanol–water partition coefficient (Wildman–Crippen LogP) is 2.35. The number of nitrogens with zero attached hydrogens (tertiary/aromatic N) is 3. The quantitative estimate of drug-likeness (QED) is 0.568. The summed E-state index contributed by atoms with van der Waals surface area (Å²) in [7, 11) is 0. The molecule has 3 aromatic rings. The van der Waals surface area contributed by atoms with Crippen molar-refractivity contribution >= 4 is 28.6 Å². The van der Waals surface area contributed by atoms with Crippen LogP contribution in [0.1, 0.15) is 24.2 Å². The number of esters is 1. The van der Waals surface area contributed by atoms with Crippen LogP contribution in [0.2, 0.25) is 0 Å². The number of hydrogen-bond donors (Lipinski definition) is 1. The largest absolute Gasteiger partial charge is 0.462 e. The highest BCUT2D eigenvalue weighted by molar-refractivity contribution is 5.94. The van der Waals surface area contributed by atoms with E-state index in [9.17, 15) is 23.2 Å². The summed E-state index contributed by atoms with van der Waals surface area (Å²) in [5.41, 5.74) is -1.70. The van der Waals surface area contributed by atoms with Crippen LogP contribution in [0.25, 0.3) is 16.7 Å². The molecule has 34 heavy (non-hydrogen) atoms. The molecular weight excluding hydrogens is 453 g/mol. The molecular formula is C23H21F3N4O4. The minimum atomic E-state index is -0.990. The van der Waals surface area contributed by atoms with Gasteiger partial charge in [-0.2, -0.15) is 0 Å². The molecule has 1 fully saturated rings. The second-order valence-electron chi connectivity index (χ2n) is 7.75. The molecule has 0 aliphatic carbocycles. The van der Waals surface area contributed by atoms with E-state index in [1.54, 1.807) is 6.92 Å². The van der Waals surface area contributed by atoms with Crippen LogP contribution in [0.15, 0.2) is 35.3 Å². The molecule has 1 aliphatic rings. The summed E-state index contributed by atoms with van der Waals surface area (Å²) in [5, 5.41) is 2.76. The Labute approximate surface area is 192 Å². The molecule has 0 spiro atoms. The number of ether oxygens (including phenoxy) is 1. The molecule has 2 aromatic heterocycles. The van der Waals surface area contributed by atoms with Crippen molar-refractivity contribution in [3.05, 3.63) is 63.7 Å². The van der Waals surface area contributed by atoms with E-state index in [0.29, 0.717) is 12.6 Å². The maximum Gasteiger partial charge on any atom is 0.343 e. The standard InChI is InChI=1S/C23H21F3N4O4/c1-3-34-23(33)15-11-30(18-5-4-13(24)8-16(18)25)21-14(20(15)32)9-17(26)22(28-21)29-7-6-27-10-19(29)12(2)31/h4-5,8-9,11,19,27H,3,6-7,10H2,1-2H3. The number of halogens is 3. The lowest BCUT2D eigenvalue weighted by atomic mass is 10.1. The zero-order valence-electron chi connectivity index (χ0n) is 18.4. The minimum Gasteiger partial charge on any atom is -0.462 e. The maximum absolute atomic E-state index is 15.2. The Kier molecular flexibility index (Phi) is 6.38. The number of fused-ring (bicyclic) bond motifs is 1. The summed E-state index contributed by atoms with van der Waals surface area (Å²) in [6, 6.07) is 2.95. The van der Waals surface area contributed by atoms with E-state index in [2.05, 4.69) is 10.3 Å². The maximum atomic E-state index is 15.2. The number of rotatable bonds is 5. The molecule has 0 radical (unpaired) electrons.